The lowest BCUT2D eigenvalue weighted by atomic mass is 10.00. The molecule has 0 aromatic rings. The first-order valence-electron chi connectivity index (χ1n) is 6.41. The van der Waals surface area contributed by atoms with Crippen molar-refractivity contribution < 1.29 is 4.74 Å². The zero-order chi connectivity index (χ0) is 10.9. The highest BCUT2D eigenvalue weighted by atomic mass is 16.5. The molecule has 3 heteroatoms. The first kappa shape index (κ1) is 12.9. The van der Waals surface area contributed by atoms with Crippen LogP contribution in [0.15, 0.2) is 0 Å². The minimum absolute atomic E-state index is 0.496. The van der Waals surface area contributed by atoms with E-state index in [2.05, 4.69) is 12.2 Å². The van der Waals surface area contributed by atoms with Crippen molar-refractivity contribution in [3.63, 3.8) is 0 Å². The lowest BCUT2D eigenvalue weighted by Crippen LogP contribution is -2.39. The largest absolute Gasteiger partial charge is 0.378 e. The fraction of sp³-hybridized carbons (Fsp3) is 1.00. The lowest BCUT2D eigenvalue weighted by molar-refractivity contribution is -0.00310. The van der Waals surface area contributed by atoms with E-state index in [1.54, 1.807) is 0 Å². The lowest BCUT2D eigenvalue weighted by Gasteiger charge is -2.30. The Morgan fingerprint density at radius 2 is 2.27 bits per heavy atom. The van der Waals surface area contributed by atoms with Gasteiger partial charge in [-0.2, -0.15) is 0 Å². The number of ether oxygens (including phenoxy) is 1. The summed E-state index contributed by atoms with van der Waals surface area (Å²) in [5.41, 5.74) is 5.46. The van der Waals surface area contributed by atoms with Gasteiger partial charge in [0.15, 0.2) is 0 Å². The van der Waals surface area contributed by atoms with Crippen LogP contribution in [0.2, 0.25) is 0 Å². The summed E-state index contributed by atoms with van der Waals surface area (Å²) in [6, 6.07) is 0.674. The summed E-state index contributed by atoms with van der Waals surface area (Å²) in [6.07, 6.45) is 7.63. The Bertz CT molecular complexity index is 151. The Labute approximate surface area is 93.8 Å². The first-order chi connectivity index (χ1) is 7.36. The molecule has 1 aliphatic heterocycles. The summed E-state index contributed by atoms with van der Waals surface area (Å²) >= 11 is 0. The van der Waals surface area contributed by atoms with Crippen molar-refractivity contribution in [1.29, 1.82) is 0 Å². The molecule has 1 fully saturated rings. The number of nitrogens with one attached hydrogen (secondary N) is 1. The Morgan fingerprint density at radius 3 is 3.00 bits per heavy atom. The molecule has 1 heterocycles. The molecule has 3 N–H and O–H groups in total. The Balaban J connectivity index is 2.07. The van der Waals surface area contributed by atoms with Crippen LogP contribution in [0.4, 0.5) is 0 Å². The van der Waals surface area contributed by atoms with E-state index in [0.717, 1.165) is 26.1 Å². The maximum absolute atomic E-state index is 5.72. The van der Waals surface area contributed by atoms with Crippen molar-refractivity contribution in [3.05, 3.63) is 0 Å². The summed E-state index contributed by atoms with van der Waals surface area (Å²) in [7, 11) is 0. The molecule has 0 aromatic carbocycles. The molecular weight excluding hydrogens is 188 g/mol. The average Bonchev–Trinajstić information content (AvgIpc) is 2.26. The molecule has 0 saturated carbocycles. The highest BCUT2D eigenvalue weighted by molar-refractivity contribution is 4.76. The van der Waals surface area contributed by atoms with E-state index in [9.17, 15) is 0 Å². The van der Waals surface area contributed by atoms with Crippen molar-refractivity contribution in [2.24, 2.45) is 5.73 Å². The summed E-state index contributed by atoms with van der Waals surface area (Å²) < 4.78 is 5.72. The fourth-order valence-corrected chi connectivity index (χ4v) is 2.16. The van der Waals surface area contributed by atoms with E-state index in [0.29, 0.717) is 12.1 Å². The van der Waals surface area contributed by atoms with Gasteiger partial charge in [0.05, 0.1) is 6.10 Å². The standard InChI is InChI=1S/C12H26N2O/c1-2-5-12-10-11(6-9-15-12)14-8-4-3-7-13/h11-12,14H,2-10,13H2,1H3. The molecule has 90 valence electrons. The highest BCUT2D eigenvalue weighted by Crippen LogP contribution is 2.17. The van der Waals surface area contributed by atoms with Crippen LogP contribution in [0, 0.1) is 0 Å². The van der Waals surface area contributed by atoms with Crippen LogP contribution in [-0.2, 0) is 4.74 Å². The molecule has 1 rings (SSSR count). The van der Waals surface area contributed by atoms with Gasteiger partial charge in [0.25, 0.3) is 0 Å². The molecule has 0 spiro atoms. The third-order valence-electron chi connectivity index (χ3n) is 3.04. The second-order valence-corrected chi connectivity index (χ2v) is 4.45. The molecule has 15 heavy (non-hydrogen) atoms. The molecule has 0 amide bonds. The van der Waals surface area contributed by atoms with Crippen LogP contribution < -0.4 is 11.1 Å². The summed E-state index contributed by atoms with van der Waals surface area (Å²) in [4.78, 5) is 0. The van der Waals surface area contributed by atoms with Crippen molar-refractivity contribution in [1.82, 2.24) is 5.32 Å². The summed E-state index contributed by atoms with van der Waals surface area (Å²) in [6.45, 7) is 5.08. The van der Waals surface area contributed by atoms with Crippen molar-refractivity contribution in [3.8, 4) is 0 Å². The third kappa shape index (κ3) is 5.50. The van der Waals surface area contributed by atoms with Crippen LogP contribution in [0.25, 0.3) is 0 Å². The second kappa shape index (κ2) is 8.08. The predicted octanol–water partition coefficient (Wildman–Crippen LogP) is 1.66. The minimum Gasteiger partial charge on any atom is -0.378 e. The van der Waals surface area contributed by atoms with Crippen LogP contribution >= 0.6 is 0 Å². The second-order valence-electron chi connectivity index (χ2n) is 4.45. The Hall–Kier alpha value is -0.120. The van der Waals surface area contributed by atoms with Crippen LogP contribution in [0.1, 0.15) is 45.4 Å². The van der Waals surface area contributed by atoms with Gasteiger partial charge in [0, 0.05) is 12.6 Å². The van der Waals surface area contributed by atoms with E-state index in [1.165, 1.54) is 32.1 Å². The summed E-state index contributed by atoms with van der Waals surface area (Å²) in [5, 5.41) is 3.61. The molecule has 2 unspecified atom stereocenters. The molecule has 2 atom stereocenters. The average molecular weight is 214 g/mol. The van der Waals surface area contributed by atoms with Gasteiger partial charge in [-0.3, -0.25) is 0 Å². The molecule has 0 bridgehead atoms. The van der Waals surface area contributed by atoms with Gasteiger partial charge in [-0.05, 0) is 45.2 Å². The molecule has 0 aromatic heterocycles. The molecule has 3 nitrogen and oxygen atoms in total. The van der Waals surface area contributed by atoms with E-state index < -0.39 is 0 Å². The number of rotatable bonds is 7. The van der Waals surface area contributed by atoms with Crippen LogP contribution in [-0.4, -0.2) is 31.8 Å². The van der Waals surface area contributed by atoms with Crippen LogP contribution in [0.5, 0.6) is 0 Å². The van der Waals surface area contributed by atoms with Crippen molar-refractivity contribution in [2.75, 3.05) is 19.7 Å². The van der Waals surface area contributed by atoms with Crippen molar-refractivity contribution >= 4 is 0 Å². The third-order valence-corrected chi connectivity index (χ3v) is 3.04. The van der Waals surface area contributed by atoms with Gasteiger partial charge in [0.2, 0.25) is 0 Å². The predicted molar refractivity (Wildman–Crippen MR) is 64.0 cm³/mol. The van der Waals surface area contributed by atoms with Gasteiger partial charge in [-0.25, -0.2) is 0 Å². The molecule has 0 radical (unpaired) electrons. The van der Waals surface area contributed by atoms with Gasteiger partial charge >= 0.3 is 0 Å². The Kier molecular flexibility index (Phi) is 6.98. The SMILES string of the molecule is CCCC1CC(NCCCCN)CCO1. The quantitative estimate of drug-likeness (QED) is 0.634. The van der Waals surface area contributed by atoms with E-state index in [-0.39, 0.29) is 0 Å². The number of hydrogen-bond donors (Lipinski definition) is 2. The molecule has 1 saturated heterocycles. The number of unbranched alkanes of at least 4 members (excludes halogenated alkanes) is 1. The number of nitrogens with two attached hydrogens (primary N) is 1. The van der Waals surface area contributed by atoms with E-state index in [4.69, 9.17) is 10.5 Å². The maximum Gasteiger partial charge on any atom is 0.0589 e. The minimum atomic E-state index is 0.496. The van der Waals surface area contributed by atoms with Crippen LogP contribution in [0.3, 0.4) is 0 Å². The smallest absolute Gasteiger partial charge is 0.0589 e. The first-order valence-corrected chi connectivity index (χ1v) is 6.41. The fourth-order valence-electron chi connectivity index (χ4n) is 2.16. The van der Waals surface area contributed by atoms with E-state index in [1.807, 2.05) is 0 Å². The Morgan fingerprint density at radius 1 is 1.40 bits per heavy atom. The zero-order valence-corrected chi connectivity index (χ0v) is 10.0. The van der Waals surface area contributed by atoms with Gasteiger partial charge in [0.1, 0.15) is 0 Å². The number of hydrogen-bond acceptors (Lipinski definition) is 3. The van der Waals surface area contributed by atoms with Gasteiger partial charge in [-0.15, -0.1) is 0 Å². The molecule has 0 aliphatic carbocycles. The highest BCUT2D eigenvalue weighted by Gasteiger charge is 2.20. The normalized spacial score (nSPS) is 26.8. The van der Waals surface area contributed by atoms with Gasteiger partial charge < -0.3 is 15.8 Å². The topological polar surface area (TPSA) is 47.3 Å². The monoisotopic (exact) mass is 214 g/mol. The molecule has 1 aliphatic rings. The molecular formula is C12H26N2O. The van der Waals surface area contributed by atoms with Crippen molar-refractivity contribution in [2.45, 2.75) is 57.6 Å². The van der Waals surface area contributed by atoms with E-state index >= 15 is 0 Å². The van der Waals surface area contributed by atoms with Gasteiger partial charge in [-0.1, -0.05) is 13.3 Å². The maximum atomic E-state index is 5.72. The zero-order valence-electron chi connectivity index (χ0n) is 10.0. The summed E-state index contributed by atoms with van der Waals surface area (Å²) in [5.74, 6) is 0.